The zero-order valence-corrected chi connectivity index (χ0v) is 10.8. The molecule has 18 heavy (non-hydrogen) atoms. The highest BCUT2D eigenvalue weighted by Gasteiger charge is 2.54. The minimum Gasteiger partial charge on any atom is -0.450 e. The van der Waals surface area contributed by atoms with E-state index in [0.29, 0.717) is 18.9 Å². The van der Waals surface area contributed by atoms with Crippen LogP contribution in [0.3, 0.4) is 0 Å². The van der Waals surface area contributed by atoms with Gasteiger partial charge in [-0.25, -0.2) is 4.99 Å². The molecule has 0 aromatic rings. The molecule has 3 rings (SSSR count). The third-order valence-corrected chi connectivity index (χ3v) is 3.50. The summed E-state index contributed by atoms with van der Waals surface area (Å²) in [4.78, 5) is 4.33. The fourth-order valence-corrected chi connectivity index (χ4v) is 2.60. The van der Waals surface area contributed by atoms with Gasteiger partial charge in [-0.15, -0.1) is 0 Å². The Morgan fingerprint density at radius 3 is 2.78 bits per heavy atom. The zero-order valence-electron chi connectivity index (χ0n) is 10.8. The summed E-state index contributed by atoms with van der Waals surface area (Å²) < 4.78 is 22.4. The normalized spacial score (nSPS) is 45.8. The molecule has 2 fully saturated rings. The van der Waals surface area contributed by atoms with Crippen LogP contribution in [-0.2, 0) is 18.9 Å². The Labute approximate surface area is 106 Å². The molecule has 102 valence electrons. The van der Waals surface area contributed by atoms with E-state index >= 15 is 0 Å². The smallest absolute Gasteiger partial charge is 0.227 e. The van der Waals surface area contributed by atoms with Crippen molar-refractivity contribution in [2.45, 2.75) is 63.6 Å². The molecule has 0 aliphatic carbocycles. The van der Waals surface area contributed by atoms with Crippen LogP contribution in [-0.4, -0.2) is 54.0 Å². The van der Waals surface area contributed by atoms with Crippen molar-refractivity contribution in [1.29, 1.82) is 0 Å². The zero-order chi connectivity index (χ0) is 12.9. The van der Waals surface area contributed by atoms with Crippen LogP contribution in [0.2, 0.25) is 0 Å². The molecule has 1 N–H and O–H groups in total. The first kappa shape index (κ1) is 12.3. The first-order valence-electron chi connectivity index (χ1n) is 6.39. The SMILES string of the molecule is CCC1=NC2C(O1)OC(C1COC(C)(C)O1)C2O. The van der Waals surface area contributed by atoms with Crippen molar-refractivity contribution in [2.24, 2.45) is 4.99 Å². The van der Waals surface area contributed by atoms with Gasteiger partial charge in [-0.2, -0.15) is 0 Å². The summed E-state index contributed by atoms with van der Waals surface area (Å²) in [6, 6.07) is -0.336. The lowest BCUT2D eigenvalue weighted by molar-refractivity contribution is -0.172. The Morgan fingerprint density at radius 2 is 2.22 bits per heavy atom. The molecule has 0 amide bonds. The maximum atomic E-state index is 10.3. The van der Waals surface area contributed by atoms with Gasteiger partial charge in [-0.05, 0) is 13.8 Å². The Bertz CT molecular complexity index is 369. The molecule has 0 bridgehead atoms. The average Bonchev–Trinajstić information content (AvgIpc) is 2.94. The van der Waals surface area contributed by atoms with Crippen molar-refractivity contribution in [3.8, 4) is 0 Å². The lowest BCUT2D eigenvalue weighted by atomic mass is 10.1. The Balaban J connectivity index is 1.69. The number of aliphatic hydroxyl groups is 1. The molecule has 0 aromatic heterocycles. The van der Waals surface area contributed by atoms with Gasteiger partial charge in [0.1, 0.15) is 24.4 Å². The van der Waals surface area contributed by atoms with Gasteiger partial charge in [0.05, 0.1) is 6.61 Å². The van der Waals surface area contributed by atoms with Crippen molar-refractivity contribution in [3.63, 3.8) is 0 Å². The third-order valence-electron chi connectivity index (χ3n) is 3.50. The van der Waals surface area contributed by atoms with Gasteiger partial charge in [0, 0.05) is 6.42 Å². The number of ether oxygens (including phenoxy) is 4. The van der Waals surface area contributed by atoms with E-state index in [1.807, 2.05) is 20.8 Å². The lowest BCUT2D eigenvalue weighted by Crippen LogP contribution is -2.40. The third kappa shape index (κ3) is 1.93. The summed E-state index contributed by atoms with van der Waals surface area (Å²) in [7, 11) is 0. The molecule has 2 saturated heterocycles. The molecule has 3 aliphatic heterocycles. The molecule has 3 heterocycles. The second-order valence-electron chi connectivity index (χ2n) is 5.31. The predicted molar refractivity (Wildman–Crippen MR) is 62.2 cm³/mol. The molecule has 0 radical (unpaired) electrons. The molecule has 6 nitrogen and oxygen atoms in total. The highest BCUT2D eigenvalue weighted by molar-refractivity contribution is 5.77. The molecule has 0 saturated carbocycles. The van der Waals surface area contributed by atoms with Crippen LogP contribution in [0.25, 0.3) is 0 Å². The van der Waals surface area contributed by atoms with Crippen LogP contribution in [0.1, 0.15) is 27.2 Å². The van der Waals surface area contributed by atoms with Gasteiger partial charge >= 0.3 is 0 Å². The largest absolute Gasteiger partial charge is 0.450 e. The number of hydrogen-bond acceptors (Lipinski definition) is 6. The van der Waals surface area contributed by atoms with E-state index in [2.05, 4.69) is 4.99 Å². The molecule has 0 spiro atoms. The first-order chi connectivity index (χ1) is 8.50. The number of aliphatic imine (C=N–C) groups is 1. The maximum absolute atomic E-state index is 10.3. The minimum absolute atomic E-state index is 0.274. The molecular formula is C12H19NO5. The van der Waals surface area contributed by atoms with E-state index in [4.69, 9.17) is 18.9 Å². The Kier molecular flexibility index (Phi) is 2.85. The highest BCUT2D eigenvalue weighted by Crippen LogP contribution is 2.36. The summed E-state index contributed by atoms with van der Waals surface area (Å²) in [6.07, 6.45) is -1.19. The fraction of sp³-hybridized carbons (Fsp3) is 0.917. The maximum Gasteiger partial charge on any atom is 0.227 e. The van der Waals surface area contributed by atoms with Crippen LogP contribution in [0.4, 0.5) is 0 Å². The van der Waals surface area contributed by atoms with E-state index in [0.717, 1.165) is 0 Å². The summed E-state index contributed by atoms with van der Waals surface area (Å²) in [6.45, 7) is 6.07. The number of nitrogens with zero attached hydrogens (tertiary/aromatic N) is 1. The van der Waals surface area contributed by atoms with Crippen LogP contribution in [0, 0.1) is 0 Å². The predicted octanol–water partition coefficient (Wildman–Crippen LogP) is 0.431. The van der Waals surface area contributed by atoms with Crippen molar-refractivity contribution in [1.82, 2.24) is 0 Å². The Hall–Kier alpha value is -0.690. The Morgan fingerprint density at radius 1 is 1.44 bits per heavy atom. The summed E-state index contributed by atoms with van der Waals surface area (Å²) in [5, 5.41) is 10.3. The van der Waals surface area contributed by atoms with Crippen LogP contribution in [0.15, 0.2) is 4.99 Å². The van der Waals surface area contributed by atoms with Gasteiger partial charge in [0.15, 0.2) is 11.7 Å². The molecule has 5 atom stereocenters. The summed E-state index contributed by atoms with van der Waals surface area (Å²) >= 11 is 0. The van der Waals surface area contributed by atoms with Gasteiger partial charge in [0.25, 0.3) is 0 Å². The van der Waals surface area contributed by atoms with Crippen molar-refractivity contribution in [2.75, 3.05) is 6.61 Å². The highest BCUT2D eigenvalue weighted by atomic mass is 16.8. The van der Waals surface area contributed by atoms with Crippen LogP contribution in [0.5, 0.6) is 0 Å². The van der Waals surface area contributed by atoms with Crippen LogP contribution >= 0.6 is 0 Å². The van der Waals surface area contributed by atoms with E-state index < -0.39 is 24.3 Å². The van der Waals surface area contributed by atoms with Crippen molar-refractivity contribution >= 4 is 5.90 Å². The second-order valence-corrected chi connectivity index (χ2v) is 5.31. The van der Waals surface area contributed by atoms with Crippen molar-refractivity contribution in [3.05, 3.63) is 0 Å². The number of hydrogen-bond donors (Lipinski definition) is 1. The number of aliphatic hydroxyl groups excluding tert-OH is 1. The van der Waals surface area contributed by atoms with Gasteiger partial charge < -0.3 is 24.1 Å². The van der Waals surface area contributed by atoms with E-state index in [-0.39, 0.29) is 12.1 Å². The van der Waals surface area contributed by atoms with Gasteiger partial charge in [0.2, 0.25) is 6.29 Å². The summed E-state index contributed by atoms with van der Waals surface area (Å²) in [5.74, 6) is 0.0240. The molecule has 3 aliphatic rings. The fourth-order valence-electron chi connectivity index (χ4n) is 2.60. The average molecular weight is 257 g/mol. The quantitative estimate of drug-likeness (QED) is 0.777. The second kappa shape index (κ2) is 4.16. The lowest BCUT2D eigenvalue weighted by Gasteiger charge is -2.23. The minimum atomic E-state index is -0.707. The van der Waals surface area contributed by atoms with Crippen molar-refractivity contribution < 1.29 is 24.1 Å². The van der Waals surface area contributed by atoms with E-state index in [9.17, 15) is 5.11 Å². The topological polar surface area (TPSA) is 69.5 Å². The van der Waals surface area contributed by atoms with Crippen LogP contribution < -0.4 is 0 Å². The molecule has 6 heteroatoms. The van der Waals surface area contributed by atoms with E-state index in [1.54, 1.807) is 0 Å². The standard InChI is InChI=1S/C12H19NO5/c1-4-7-13-8-9(14)10(17-11(8)16-7)6-5-15-12(2,3)18-6/h6,8-11,14H,4-5H2,1-3H3. The van der Waals surface area contributed by atoms with Gasteiger partial charge in [-0.3, -0.25) is 0 Å². The monoisotopic (exact) mass is 257 g/mol. The molecule has 0 aromatic carbocycles. The number of rotatable bonds is 2. The van der Waals surface area contributed by atoms with E-state index in [1.165, 1.54) is 0 Å². The van der Waals surface area contributed by atoms with Gasteiger partial charge in [-0.1, -0.05) is 6.92 Å². The molecular weight excluding hydrogens is 238 g/mol. The molecule has 5 unspecified atom stereocenters. The first-order valence-corrected chi connectivity index (χ1v) is 6.39. The summed E-state index contributed by atoms with van der Waals surface area (Å²) in [5.41, 5.74) is 0. The number of fused-ring (bicyclic) bond motifs is 1.